The van der Waals surface area contributed by atoms with Gasteiger partial charge in [-0.15, -0.1) is 0 Å². The van der Waals surface area contributed by atoms with E-state index in [1.165, 1.54) is 29.3 Å². The van der Waals surface area contributed by atoms with Gasteiger partial charge in [0.15, 0.2) is 0 Å². The largest absolute Gasteiger partial charge is 0.497 e. The van der Waals surface area contributed by atoms with Crippen LogP contribution in [0.5, 0.6) is 5.75 Å². The minimum absolute atomic E-state index is 0.0444. The standard InChI is InChI=1S/C30H37FN4O4S/c1-32-28(10-5-6-17-34-40(37,38)29-11-4-3-9-26(29)31)30(36)35-27-15-12-22-19-23(39-2)13-14-24(22)25(27)18-21-8-7-16-33-20-21/h3-4,7-9,11,13-14,16,19-20,25,27-28,32,34H,5-6,10,12,15,17-18H2,1-2H3,(H,35,36). The van der Waals surface area contributed by atoms with Gasteiger partial charge in [-0.2, -0.15) is 0 Å². The number of amides is 1. The molecule has 0 spiro atoms. The Labute approximate surface area is 235 Å². The molecule has 0 fully saturated rings. The average molecular weight is 569 g/mol. The number of aryl methyl sites for hydroxylation is 1. The molecule has 0 aliphatic heterocycles. The summed E-state index contributed by atoms with van der Waals surface area (Å²) in [7, 11) is -0.512. The number of halogens is 1. The van der Waals surface area contributed by atoms with Gasteiger partial charge in [0.1, 0.15) is 16.5 Å². The van der Waals surface area contributed by atoms with E-state index in [9.17, 15) is 17.6 Å². The van der Waals surface area contributed by atoms with Crippen molar-refractivity contribution in [1.82, 2.24) is 20.3 Å². The number of unbranched alkanes of at least 4 members (excludes halogenated alkanes) is 1. The summed E-state index contributed by atoms with van der Waals surface area (Å²) in [6.45, 7) is 0.158. The van der Waals surface area contributed by atoms with Crippen molar-refractivity contribution in [2.45, 2.75) is 61.4 Å². The van der Waals surface area contributed by atoms with Gasteiger partial charge < -0.3 is 15.4 Å². The maximum atomic E-state index is 13.9. The number of methoxy groups -OCH3 is 1. The molecule has 1 amide bonds. The molecule has 2 aromatic carbocycles. The van der Waals surface area contributed by atoms with Gasteiger partial charge in [0.05, 0.1) is 13.2 Å². The number of sulfonamides is 1. The first-order valence-corrected chi connectivity index (χ1v) is 15.1. The molecule has 0 saturated heterocycles. The third-order valence-corrected chi connectivity index (χ3v) is 8.96. The fraction of sp³-hybridized carbons (Fsp3) is 0.400. The smallest absolute Gasteiger partial charge is 0.243 e. The van der Waals surface area contributed by atoms with Gasteiger partial charge in [0.2, 0.25) is 15.9 Å². The number of aromatic nitrogens is 1. The van der Waals surface area contributed by atoms with Gasteiger partial charge in [-0.25, -0.2) is 17.5 Å². The van der Waals surface area contributed by atoms with Crippen molar-refractivity contribution in [3.63, 3.8) is 0 Å². The van der Waals surface area contributed by atoms with E-state index in [1.807, 2.05) is 18.3 Å². The second-order valence-electron chi connectivity index (χ2n) is 10.1. The van der Waals surface area contributed by atoms with E-state index in [-0.39, 0.29) is 29.3 Å². The summed E-state index contributed by atoms with van der Waals surface area (Å²) in [5, 5.41) is 6.40. The first kappa shape index (κ1) is 29.6. The number of fused-ring (bicyclic) bond motifs is 1. The molecule has 214 valence electrons. The van der Waals surface area contributed by atoms with E-state index in [1.54, 1.807) is 20.4 Å². The monoisotopic (exact) mass is 568 g/mol. The lowest BCUT2D eigenvalue weighted by Crippen LogP contribution is -2.50. The second-order valence-corrected chi connectivity index (χ2v) is 11.8. The Morgan fingerprint density at radius 1 is 1.15 bits per heavy atom. The quantitative estimate of drug-likeness (QED) is 0.271. The van der Waals surface area contributed by atoms with E-state index in [0.717, 1.165) is 36.6 Å². The molecule has 3 unspecified atom stereocenters. The number of benzene rings is 2. The molecule has 1 aliphatic carbocycles. The van der Waals surface area contributed by atoms with Crippen LogP contribution in [-0.2, 0) is 27.7 Å². The zero-order chi connectivity index (χ0) is 28.5. The molecule has 3 aromatic rings. The van der Waals surface area contributed by atoms with Gasteiger partial charge >= 0.3 is 0 Å². The summed E-state index contributed by atoms with van der Waals surface area (Å²) in [6, 6.07) is 15.0. The van der Waals surface area contributed by atoms with Crippen LogP contribution in [0.25, 0.3) is 0 Å². The number of hydrogen-bond donors (Lipinski definition) is 3. The third-order valence-electron chi connectivity index (χ3n) is 7.47. The Morgan fingerprint density at radius 2 is 1.98 bits per heavy atom. The molecule has 0 radical (unpaired) electrons. The van der Waals surface area contributed by atoms with Gasteiger partial charge in [-0.3, -0.25) is 9.78 Å². The molecule has 1 aliphatic rings. The third kappa shape index (κ3) is 7.44. The van der Waals surface area contributed by atoms with Crippen LogP contribution in [0.3, 0.4) is 0 Å². The fourth-order valence-electron chi connectivity index (χ4n) is 5.32. The number of hydrogen-bond acceptors (Lipinski definition) is 6. The van der Waals surface area contributed by atoms with Crippen LogP contribution in [0.2, 0.25) is 0 Å². The molecule has 8 nitrogen and oxygen atoms in total. The molecule has 3 N–H and O–H groups in total. The van der Waals surface area contributed by atoms with Crippen molar-refractivity contribution < 1.29 is 22.3 Å². The Hall–Kier alpha value is -3.34. The summed E-state index contributed by atoms with van der Waals surface area (Å²) < 4.78 is 46.5. The van der Waals surface area contributed by atoms with Crippen LogP contribution in [0.4, 0.5) is 4.39 Å². The van der Waals surface area contributed by atoms with Crippen molar-refractivity contribution in [3.05, 3.63) is 89.5 Å². The Morgan fingerprint density at radius 3 is 2.70 bits per heavy atom. The van der Waals surface area contributed by atoms with Crippen LogP contribution in [-0.4, -0.2) is 52.1 Å². The van der Waals surface area contributed by atoms with Crippen LogP contribution in [0.15, 0.2) is 71.9 Å². The highest BCUT2D eigenvalue weighted by molar-refractivity contribution is 7.89. The van der Waals surface area contributed by atoms with E-state index >= 15 is 0 Å². The number of ether oxygens (including phenoxy) is 1. The highest BCUT2D eigenvalue weighted by Crippen LogP contribution is 2.36. The van der Waals surface area contributed by atoms with Crippen molar-refractivity contribution in [1.29, 1.82) is 0 Å². The van der Waals surface area contributed by atoms with E-state index in [0.29, 0.717) is 19.3 Å². The molecule has 40 heavy (non-hydrogen) atoms. The zero-order valence-electron chi connectivity index (χ0n) is 22.9. The predicted molar refractivity (Wildman–Crippen MR) is 152 cm³/mol. The first-order valence-electron chi connectivity index (χ1n) is 13.6. The lowest BCUT2D eigenvalue weighted by atomic mass is 9.76. The maximum absolute atomic E-state index is 13.9. The van der Waals surface area contributed by atoms with Crippen molar-refractivity contribution in [2.24, 2.45) is 0 Å². The number of pyridine rings is 1. The molecular formula is C30H37FN4O4S. The summed E-state index contributed by atoms with van der Waals surface area (Å²) >= 11 is 0. The molecule has 4 rings (SSSR count). The molecule has 0 saturated carbocycles. The zero-order valence-corrected chi connectivity index (χ0v) is 23.7. The molecular weight excluding hydrogens is 531 g/mol. The van der Waals surface area contributed by atoms with E-state index < -0.39 is 21.9 Å². The number of rotatable bonds is 13. The number of carbonyl (C=O) groups is 1. The maximum Gasteiger partial charge on any atom is 0.243 e. The summed E-state index contributed by atoms with van der Waals surface area (Å²) in [5.74, 6) is 0.0571. The SMILES string of the molecule is CNC(CCCCNS(=O)(=O)c1ccccc1F)C(=O)NC1CCc2cc(OC)ccc2C1Cc1cccnc1. The normalized spacial score (nSPS) is 17.6. The number of likely N-dealkylation sites (N-methyl/N-ethyl adjacent to an activating group) is 1. The van der Waals surface area contributed by atoms with E-state index in [2.05, 4.69) is 38.5 Å². The minimum atomic E-state index is -3.93. The van der Waals surface area contributed by atoms with Crippen LogP contribution in [0, 0.1) is 5.82 Å². The number of nitrogens with one attached hydrogen (secondary N) is 3. The lowest BCUT2D eigenvalue weighted by molar-refractivity contribution is -0.124. The average Bonchev–Trinajstić information content (AvgIpc) is 2.96. The van der Waals surface area contributed by atoms with E-state index in [4.69, 9.17) is 4.74 Å². The molecule has 1 heterocycles. The van der Waals surface area contributed by atoms with Crippen LogP contribution < -0.4 is 20.1 Å². The van der Waals surface area contributed by atoms with Crippen molar-refractivity contribution in [2.75, 3.05) is 20.7 Å². The second kappa shape index (κ2) is 13.8. The van der Waals surface area contributed by atoms with Gasteiger partial charge in [0, 0.05) is 30.9 Å². The summed E-state index contributed by atoms with van der Waals surface area (Å²) in [6.07, 6.45) is 7.70. The lowest BCUT2D eigenvalue weighted by Gasteiger charge is -2.35. The fourth-order valence-corrected chi connectivity index (χ4v) is 6.48. The summed E-state index contributed by atoms with van der Waals surface area (Å²) in [5.41, 5.74) is 3.56. The highest BCUT2D eigenvalue weighted by Gasteiger charge is 2.32. The minimum Gasteiger partial charge on any atom is -0.497 e. The first-order chi connectivity index (χ1) is 19.3. The highest BCUT2D eigenvalue weighted by atomic mass is 32.2. The predicted octanol–water partition coefficient (Wildman–Crippen LogP) is 3.72. The molecule has 1 aromatic heterocycles. The van der Waals surface area contributed by atoms with Gasteiger partial charge in [-0.05, 0) is 86.2 Å². The van der Waals surface area contributed by atoms with Gasteiger partial charge in [-0.1, -0.05) is 30.7 Å². The number of nitrogens with zero attached hydrogens (tertiary/aromatic N) is 1. The summed E-state index contributed by atoms with van der Waals surface area (Å²) in [4.78, 5) is 17.2. The van der Waals surface area contributed by atoms with Crippen molar-refractivity contribution >= 4 is 15.9 Å². The Bertz CT molecular complexity index is 1390. The molecule has 10 heteroatoms. The Balaban J connectivity index is 1.35. The van der Waals surface area contributed by atoms with Crippen LogP contribution in [0.1, 0.15) is 48.3 Å². The topological polar surface area (TPSA) is 109 Å². The van der Waals surface area contributed by atoms with Gasteiger partial charge in [0.25, 0.3) is 0 Å². The molecule has 0 bridgehead atoms. The number of carbonyl (C=O) groups excluding carboxylic acids is 1. The Kier molecular flexibility index (Phi) is 10.2. The van der Waals surface area contributed by atoms with Crippen LogP contribution >= 0.6 is 0 Å². The van der Waals surface area contributed by atoms with Crippen molar-refractivity contribution in [3.8, 4) is 5.75 Å². The molecule has 3 atom stereocenters.